The van der Waals surface area contributed by atoms with Crippen LogP contribution >= 0.6 is 0 Å². The second-order valence-corrected chi connectivity index (χ2v) is 7.89. The zero-order valence-electron chi connectivity index (χ0n) is 14.5. The van der Waals surface area contributed by atoms with E-state index in [1.165, 1.54) is 38.8 Å². The van der Waals surface area contributed by atoms with E-state index in [9.17, 15) is 0 Å². The lowest BCUT2D eigenvalue weighted by molar-refractivity contribution is 0.0890. The molecule has 22 heavy (non-hydrogen) atoms. The largest absolute Gasteiger partial charge is 0.338 e. The summed E-state index contributed by atoms with van der Waals surface area (Å²) in [6.07, 6.45) is 5.30. The van der Waals surface area contributed by atoms with E-state index in [1.54, 1.807) is 0 Å². The highest BCUT2D eigenvalue weighted by molar-refractivity contribution is 5.02. The van der Waals surface area contributed by atoms with Gasteiger partial charge in [0.25, 0.3) is 0 Å². The molecule has 0 unspecified atom stereocenters. The molecule has 0 aromatic carbocycles. The van der Waals surface area contributed by atoms with Gasteiger partial charge >= 0.3 is 0 Å². The van der Waals surface area contributed by atoms with Gasteiger partial charge in [-0.1, -0.05) is 25.9 Å². The molecule has 3 rings (SSSR count). The lowest BCUT2D eigenvalue weighted by Gasteiger charge is -2.38. The van der Waals surface area contributed by atoms with E-state index < -0.39 is 0 Å². The van der Waals surface area contributed by atoms with Gasteiger partial charge in [-0.25, -0.2) is 0 Å². The average Bonchev–Trinajstić information content (AvgIpc) is 3.17. The molecule has 2 saturated heterocycles. The smallest absolute Gasteiger partial charge is 0.243 e. The SMILES string of the molecule is C[C@@H](c1nc(C(C)(C)C)no1)N1CCC(N2CCCC2)CC1. The van der Waals surface area contributed by atoms with Gasteiger partial charge in [-0.05, 0) is 45.7 Å². The molecule has 1 aromatic heterocycles. The van der Waals surface area contributed by atoms with Gasteiger partial charge in [0.15, 0.2) is 5.82 Å². The van der Waals surface area contributed by atoms with Crippen LogP contribution in [0.25, 0.3) is 0 Å². The summed E-state index contributed by atoms with van der Waals surface area (Å²) in [5, 5.41) is 4.16. The first-order valence-electron chi connectivity index (χ1n) is 8.77. The van der Waals surface area contributed by atoms with Crippen molar-refractivity contribution in [3.8, 4) is 0 Å². The van der Waals surface area contributed by atoms with Crippen molar-refractivity contribution in [2.45, 2.75) is 70.9 Å². The highest BCUT2D eigenvalue weighted by Crippen LogP contribution is 2.28. The lowest BCUT2D eigenvalue weighted by atomic mass is 9.96. The Balaban J connectivity index is 1.57. The van der Waals surface area contributed by atoms with Gasteiger partial charge in [0, 0.05) is 24.5 Å². The van der Waals surface area contributed by atoms with Crippen LogP contribution < -0.4 is 0 Å². The molecule has 0 bridgehead atoms. The molecular weight excluding hydrogens is 276 g/mol. The third-order valence-electron chi connectivity index (χ3n) is 5.17. The lowest BCUT2D eigenvalue weighted by Crippen LogP contribution is -2.44. The fraction of sp³-hybridized carbons (Fsp3) is 0.882. The molecule has 0 radical (unpaired) electrons. The van der Waals surface area contributed by atoms with Gasteiger partial charge in [-0.15, -0.1) is 0 Å². The predicted molar refractivity (Wildman–Crippen MR) is 86.8 cm³/mol. The standard InChI is InChI=1S/C17H30N4O/c1-13(15-18-16(19-22-15)17(2,3)4)20-11-7-14(8-12-20)21-9-5-6-10-21/h13-14H,5-12H2,1-4H3/t13-/m0/s1. The van der Waals surface area contributed by atoms with Crippen LogP contribution in [0.5, 0.6) is 0 Å². The Morgan fingerprint density at radius 2 is 1.73 bits per heavy atom. The van der Waals surface area contributed by atoms with E-state index in [0.29, 0.717) is 0 Å². The van der Waals surface area contributed by atoms with Crippen LogP contribution in [0, 0.1) is 0 Å². The summed E-state index contributed by atoms with van der Waals surface area (Å²) in [6.45, 7) is 13.4. The number of rotatable bonds is 3. The van der Waals surface area contributed by atoms with Crippen molar-refractivity contribution in [3.63, 3.8) is 0 Å². The van der Waals surface area contributed by atoms with Crippen LogP contribution in [-0.2, 0) is 5.41 Å². The van der Waals surface area contributed by atoms with Crippen LogP contribution in [0.4, 0.5) is 0 Å². The Bertz CT molecular complexity index is 479. The maximum absolute atomic E-state index is 5.52. The minimum absolute atomic E-state index is 0.0514. The molecule has 5 heteroatoms. The first kappa shape index (κ1) is 15.9. The molecule has 0 amide bonds. The molecule has 1 atom stereocenters. The molecule has 0 saturated carbocycles. The predicted octanol–water partition coefficient (Wildman–Crippen LogP) is 2.99. The topological polar surface area (TPSA) is 45.4 Å². The van der Waals surface area contributed by atoms with E-state index >= 15 is 0 Å². The first-order chi connectivity index (χ1) is 10.4. The van der Waals surface area contributed by atoms with E-state index in [2.05, 4.69) is 47.6 Å². The van der Waals surface area contributed by atoms with Crippen LogP contribution in [-0.4, -0.2) is 52.2 Å². The van der Waals surface area contributed by atoms with Crippen LogP contribution in [0.1, 0.15) is 71.1 Å². The second-order valence-electron chi connectivity index (χ2n) is 7.89. The Kier molecular flexibility index (Phi) is 4.55. The van der Waals surface area contributed by atoms with Gasteiger partial charge in [0.1, 0.15) is 0 Å². The monoisotopic (exact) mass is 306 g/mol. The van der Waals surface area contributed by atoms with Crippen molar-refractivity contribution in [1.29, 1.82) is 0 Å². The normalized spacial score (nSPS) is 24.0. The third-order valence-corrected chi connectivity index (χ3v) is 5.17. The van der Waals surface area contributed by atoms with Crippen LogP contribution in [0.2, 0.25) is 0 Å². The number of likely N-dealkylation sites (tertiary alicyclic amines) is 2. The summed E-state index contributed by atoms with van der Waals surface area (Å²) in [6, 6.07) is 1.02. The highest BCUT2D eigenvalue weighted by atomic mass is 16.5. The maximum Gasteiger partial charge on any atom is 0.243 e. The summed E-state index contributed by atoms with van der Waals surface area (Å²) in [7, 11) is 0. The van der Waals surface area contributed by atoms with Gasteiger partial charge < -0.3 is 9.42 Å². The molecule has 2 fully saturated rings. The summed E-state index contributed by atoms with van der Waals surface area (Å²) in [5.41, 5.74) is -0.0514. The quantitative estimate of drug-likeness (QED) is 0.859. The van der Waals surface area contributed by atoms with E-state index in [4.69, 9.17) is 4.52 Å². The number of nitrogens with zero attached hydrogens (tertiary/aromatic N) is 4. The summed E-state index contributed by atoms with van der Waals surface area (Å²) in [4.78, 5) is 9.80. The van der Waals surface area contributed by atoms with Gasteiger partial charge in [-0.2, -0.15) is 4.98 Å². The van der Waals surface area contributed by atoms with Crippen LogP contribution in [0.3, 0.4) is 0 Å². The zero-order valence-corrected chi connectivity index (χ0v) is 14.5. The fourth-order valence-corrected chi connectivity index (χ4v) is 3.61. The van der Waals surface area contributed by atoms with Crippen molar-refractivity contribution < 1.29 is 4.52 Å². The first-order valence-corrected chi connectivity index (χ1v) is 8.77. The summed E-state index contributed by atoms with van der Waals surface area (Å²) < 4.78 is 5.52. The van der Waals surface area contributed by atoms with E-state index in [-0.39, 0.29) is 11.5 Å². The van der Waals surface area contributed by atoms with Crippen LogP contribution in [0.15, 0.2) is 4.52 Å². The van der Waals surface area contributed by atoms with Gasteiger partial charge in [0.2, 0.25) is 5.89 Å². The zero-order chi connectivity index (χ0) is 15.7. The Morgan fingerprint density at radius 1 is 1.09 bits per heavy atom. The molecule has 124 valence electrons. The third kappa shape index (κ3) is 3.35. The van der Waals surface area contributed by atoms with E-state index in [1.807, 2.05) is 0 Å². The van der Waals surface area contributed by atoms with Crippen molar-refractivity contribution in [3.05, 3.63) is 11.7 Å². The minimum atomic E-state index is -0.0514. The molecule has 0 spiro atoms. The fourth-order valence-electron chi connectivity index (χ4n) is 3.61. The number of piperidine rings is 1. The molecular formula is C17H30N4O. The van der Waals surface area contributed by atoms with Gasteiger partial charge in [-0.3, -0.25) is 4.90 Å². The molecule has 2 aliphatic rings. The molecule has 3 heterocycles. The van der Waals surface area contributed by atoms with Crippen molar-refractivity contribution in [2.24, 2.45) is 0 Å². The maximum atomic E-state index is 5.52. The van der Waals surface area contributed by atoms with Crippen molar-refractivity contribution >= 4 is 0 Å². The molecule has 0 N–H and O–H groups in total. The molecule has 0 aliphatic carbocycles. The van der Waals surface area contributed by atoms with Gasteiger partial charge in [0.05, 0.1) is 6.04 Å². The number of aromatic nitrogens is 2. The summed E-state index contributed by atoms with van der Waals surface area (Å²) >= 11 is 0. The number of hydrogen-bond donors (Lipinski definition) is 0. The molecule has 5 nitrogen and oxygen atoms in total. The highest BCUT2D eigenvalue weighted by Gasteiger charge is 2.31. The Hall–Kier alpha value is -0.940. The van der Waals surface area contributed by atoms with E-state index in [0.717, 1.165) is 30.8 Å². The summed E-state index contributed by atoms with van der Waals surface area (Å²) in [5.74, 6) is 1.57. The molecule has 1 aromatic rings. The minimum Gasteiger partial charge on any atom is -0.338 e. The Labute approximate surface area is 134 Å². The molecule has 2 aliphatic heterocycles. The Morgan fingerprint density at radius 3 is 2.27 bits per heavy atom. The average molecular weight is 306 g/mol. The van der Waals surface area contributed by atoms with Crippen molar-refractivity contribution in [1.82, 2.24) is 19.9 Å². The van der Waals surface area contributed by atoms with Crippen molar-refractivity contribution in [2.75, 3.05) is 26.2 Å². The second kappa shape index (κ2) is 6.28. The number of hydrogen-bond acceptors (Lipinski definition) is 5.